The van der Waals surface area contributed by atoms with Crippen LogP contribution < -0.4 is 4.74 Å². The van der Waals surface area contributed by atoms with Crippen LogP contribution in [0, 0.1) is 0 Å². The van der Waals surface area contributed by atoms with E-state index in [1.165, 1.54) is 12.2 Å². The zero-order chi connectivity index (χ0) is 16.5. The Morgan fingerprint density at radius 3 is 2.43 bits per heavy atom. The van der Waals surface area contributed by atoms with Gasteiger partial charge in [-0.1, -0.05) is 48.6 Å². The fraction of sp³-hybridized carbons (Fsp3) is 0.0500. The third-order valence-corrected chi connectivity index (χ3v) is 3.06. The van der Waals surface area contributed by atoms with Crippen molar-refractivity contribution in [2.24, 2.45) is 0 Å². The monoisotopic (exact) mass is 306 g/mol. The summed E-state index contributed by atoms with van der Waals surface area (Å²) < 4.78 is 5.15. The van der Waals surface area contributed by atoms with Gasteiger partial charge in [0.25, 0.3) is 0 Å². The van der Waals surface area contributed by atoms with Crippen molar-refractivity contribution in [2.45, 2.75) is 0 Å². The van der Waals surface area contributed by atoms with E-state index in [-0.39, 0.29) is 11.5 Å². The first-order valence-electron chi connectivity index (χ1n) is 7.17. The molecule has 116 valence electrons. The lowest BCUT2D eigenvalue weighted by Crippen LogP contribution is -1.84. The van der Waals surface area contributed by atoms with Crippen molar-refractivity contribution in [1.82, 2.24) is 0 Å². The highest BCUT2D eigenvalue weighted by Gasteiger charge is 1.92. The predicted octanol–water partition coefficient (Wildman–Crippen LogP) is 4.25. The third-order valence-electron chi connectivity index (χ3n) is 3.06. The number of carbonyl (C=O) groups is 1. The maximum Gasteiger partial charge on any atom is 0.178 e. The molecule has 0 saturated heterocycles. The molecule has 0 aromatic heterocycles. The molecule has 0 radical (unpaired) electrons. The average Bonchev–Trinajstić information content (AvgIpc) is 2.57. The van der Waals surface area contributed by atoms with Gasteiger partial charge in [0.15, 0.2) is 5.78 Å². The van der Waals surface area contributed by atoms with Crippen molar-refractivity contribution in [1.29, 1.82) is 0 Å². The van der Waals surface area contributed by atoms with E-state index < -0.39 is 0 Å². The molecule has 2 aromatic rings. The number of hydrogen-bond donors (Lipinski definition) is 1. The van der Waals surface area contributed by atoms with Gasteiger partial charge < -0.3 is 9.84 Å². The summed E-state index contributed by atoms with van der Waals surface area (Å²) in [4.78, 5) is 11.7. The van der Waals surface area contributed by atoms with Crippen molar-refractivity contribution < 1.29 is 14.6 Å². The first-order valence-corrected chi connectivity index (χ1v) is 7.17. The Hall–Kier alpha value is -3.07. The number of rotatable bonds is 6. The van der Waals surface area contributed by atoms with Crippen LogP contribution in [0.4, 0.5) is 0 Å². The van der Waals surface area contributed by atoms with Gasteiger partial charge in [0, 0.05) is 0 Å². The maximum atomic E-state index is 11.7. The molecule has 0 aliphatic heterocycles. The summed E-state index contributed by atoms with van der Waals surface area (Å²) in [5.74, 6) is 0.848. The summed E-state index contributed by atoms with van der Waals surface area (Å²) >= 11 is 0. The normalized spacial score (nSPS) is 11.5. The summed E-state index contributed by atoms with van der Waals surface area (Å²) in [6.45, 7) is 0. The van der Waals surface area contributed by atoms with Crippen molar-refractivity contribution in [3.63, 3.8) is 0 Å². The number of allylic oxidation sites excluding steroid dienone is 4. The number of ketones is 1. The molecule has 23 heavy (non-hydrogen) atoms. The Balaban J connectivity index is 1.92. The molecule has 0 amide bonds. The van der Waals surface area contributed by atoms with Crippen LogP contribution in [0.15, 0.2) is 72.8 Å². The van der Waals surface area contributed by atoms with Gasteiger partial charge in [-0.25, -0.2) is 0 Å². The van der Waals surface area contributed by atoms with Gasteiger partial charge >= 0.3 is 0 Å². The Bertz CT molecular complexity index is 755. The van der Waals surface area contributed by atoms with E-state index in [0.717, 1.165) is 16.9 Å². The molecule has 3 nitrogen and oxygen atoms in total. The summed E-state index contributed by atoms with van der Waals surface area (Å²) in [7, 11) is 1.63. The van der Waals surface area contributed by atoms with Gasteiger partial charge in [0.2, 0.25) is 0 Å². The van der Waals surface area contributed by atoms with Crippen LogP contribution in [0.1, 0.15) is 11.1 Å². The smallest absolute Gasteiger partial charge is 0.178 e. The second-order valence-corrected chi connectivity index (χ2v) is 4.83. The van der Waals surface area contributed by atoms with Crippen molar-refractivity contribution in [3.8, 4) is 11.5 Å². The van der Waals surface area contributed by atoms with Gasteiger partial charge in [0.05, 0.1) is 7.11 Å². The fourth-order valence-electron chi connectivity index (χ4n) is 1.92. The van der Waals surface area contributed by atoms with Gasteiger partial charge in [-0.15, -0.1) is 0 Å². The van der Waals surface area contributed by atoms with E-state index in [4.69, 9.17) is 4.74 Å². The Morgan fingerprint density at radius 2 is 1.70 bits per heavy atom. The minimum atomic E-state index is -0.122. The molecule has 1 N–H and O–H groups in total. The summed E-state index contributed by atoms with van der Waals surface area (Å²) in [6.07, 6.45) is 9.99. The molecule has 0 bridgehead atoms. The van der Waals surface area contributed by atoms with E-state index in [1.54, 1.807) is 43.5 Å². The number of carbonyl (C=O) groups excluding carboxylic acids is 1. The lowest BCUT2D eigenvalue weighted by molar-refractivity contribution is -0.110. The largest absolute Gasteiger partial charge is 0.508 e. The molecule has 3 heteroatoms. The lowest BCUT2D eigenvalue weighted by atomic mass is 10.1. The summed E-state index contributed by atoms with van der Waals surface area (Å²) in [5, 5.41) is 9.35. The highest BCUT2D eigenvalue weighted by Crippen LogP contribution is 2.14. The van der Waals surface area contributed by atoms with E-state index >= 15 is 0 Å². The standard InChI is InChI=1S/C20H18O3/c1-23-20-11-5-8-16(15-20)6-2-3-9-18(21)13-12-17-7-4-10-19(22)14-17/h2-15,22H,1H3/b6-2+,9-3+,13-12+. The van der Waals surface area contributed by atoms with Gasteiger partial charge in [-0.2, -0.15) is 0 Å². The Kier molecular flexibility index (Phi) is 5.95. The molecule has 0 aliphatic carbocycles. The molecular weight excluding hydrogens is 288 g/mol. The summed E-state index contributed by atoms with van der Waals surface area (Å²) in [5.41, 5.74) is 1.77. The van der Waals surface area contributed by atoms with E-state index in [1.807, 2.05) is 36.4 Å². The first-order chi connectivity index (χ1) is 11.2. The number of methoxy groups -OCH3 is 1. The molecule has 0 saturated carbocycles. The number of hydrogen-bond acceptors (Lipinski definition) is 3. The molecule has 0 heterocycles. The van der Waals surface area contributed by atoms with Gasteiger partial charge in [-0.05, 0) is 47.5 Å². The van der Waals surface area contributed by atoms with E-state index in [2.05, 4.69) is 0 Å². The molecule has 0 unspecified atom stereocenters. The summed E-state index contributed by atoms with van der Waals surface area (Å²) in [6, 6.07) is 14.4. The van der Waals surface area contributed by atoms with Crippen LogP contribution in [0.5, 0.6) is 11.5 Å². The van der Waals surface area contributed by atoms with E-state index in [9.17, 15) is 9.90 Å². The number of benzene rings is 2. The number of phenolic OH excluding ortho intramolecular Hbond substituents is 1. The average molecular weight is 306 g/mol. The van der Waals surface area contributed by atoms with Crippen LogP contribution in [0.3, 0.4) is 0 Å². The van der Waals surface area contributed by atoms with Crippen molar-refractivity contribution in [2.75, 3.05) is 7.11 Å². The van der Waals surface area contributed by atoms with Gasteiger partial charge in [0.1, 0.15) is 11.5 Å². The highest BCUT2D eigenvalue weighted by molar-refractivity contribution is 6.02. The first kappa shape index (κ1) is 16.3. The topological polar surface area (TPSA) is 46.5 Å². The SMILES string of the molecule is COc1cccc(/C=C/C=C/C(=O)/C=C/c2cccc(O)c2)c1. The second kappa shape index (κ2) is 8.39. The van der Waals surface area contributed by atoms with Crippen molar-refractivity contribution in [3.05, 3.63) is 84.0 Å². The molecule has 2 rings (SSSR count). The Morgan fingerprint density at radius 1 is 0.957 bits per heavy atom. The second-order valence-electron chi connectivity index (χ2n) is 4.83. The van der Waals surface area contributed by atoms with Gasteiger partial charge in [-0.3, -0.25) is 4.79 Å². The van der Waals surface area contributed by atoms with Crippen molar-refractivity contribution >= 4 is 17.9 Å². The zero-order valence-electron chi connectivity index (χ0n) is 12.8. The molecule has 0 atom stereocenters. The minimum Gasteiger partial charge on any atom is -0.508 e. The van der Waals surface area contributed by atoms with Crippen LogP contribution >= 0.6 is 0 Å². The molecule has 0 aliphatic rings. The molecule has 0 spiro atoms. The number of phenols is 1. The lowest BCUT2D eigenvalue weighted by Gasteiger charge is -1.99. The Labute approximate surface area is 135 Å². The van der Waals surface area contributed by atoms with E-state index in [0.29, 0.717) is 0 Å². The van der Waals surface area contributed by atoms with Crippen LogP contribution in [0.25, 0.3) is 12.2 Å². The highest BCUT2D eigenvalue weighted by atomic mass is 16.5. The molecule has 2 aromatic carbocycles. The zero-order valence-corrected chi connectivity index (χ0v) is 12.8. The van der Waals surface area contributed by atoms with Crippen LogP contribution in [0.2, 0.25) is 0 Å². The quantitative estimate of drug-likeness (QED) is 0.641. The minimum absolute atomic E-state index is 0.122. The van der Waals surface area contributed by atoms with Crippen LogP contribution in [-0.4, -0.2) is 18.0 Å². The molecule has 0 fully saturated rings. The number of aromatic hydroxyl groups is 1. The third kappa shape index (κ3) is 5.67. The molecular formula is C20H18O3. The maximum absolute atomic E-state index is 11.7. The number of ether oxygens (including phenoxy) is 1. The fourth-order valence-corrected chi connectivity index (χ4v) is 1.92. The predicted molar refractivity (Wildman–Crippen MR) is 93.3 cm³/mol. The van der Waals surface area contributed by atoms with Crippen LogP contribution in [-0.2, 0) is 4.79 Å².